The molecule has 2 aromatic carbocycles. The summed E-state index contributed by atoms with van der Waals surface area (Å²) in [6.45, 7) is 6.67. The quantitative estimate of drug-likeness (QED) is 0.503. The molecule has 2 N–H and O–H groups in total. The van der Waals surface area contributed by atoms with Gasteiger partial charge in [0.15, 0.2) is 0 Å². The van der Waals surface area contributed by atoms with E-state index in [-0.39, 0.29) is 0 Å². The van der Waals surface area contributed by atoms with Gasteiger partial charge in [-0.15, -0.1) is 0 Å². The first-order valence-corrected chi connectivity index (χ1v) is 11.6. The maximum absolute atomic E-state index is 4.72. The highest BCUT2D eigenvalue weighted by Gasteiger charge is 2.15. The van der Waals surface area contributed by atoms with E-state index in [1.807, 2.05) is 6.20 Å². The first-order valence-electron chi connectivity index (χ1n) is 11.6. The van der Waals surface area contributed by atoms with Crippen LogP contribution in [0.15, 0.2) is 60.9 Å². The number of hydrogen-bond acceptors (Lipinski definition) is 4. The van der Waals surface area contributed by atoms with Gasteiger partial charge in [-0.1, -0.05) is 30.3 Å². The number of nitrogens with zero attached hydrogens (tertiary/aromatic N) is 3. The number of H-pyrrole nitrogens is 1. The van der Waals surface area contributed by atoms with Gasteiger partial charge >= 0.3 is 0 Å². The Morgan fingerprint density at radius 2 is 1.72 bits per heavy atom. The predicted molar refractivity (Wildman–Crippen MR) is 132 cm³/mol. The van der Waals surface area contributed by atoms with Crippen LogP contribution in [0.4, 0.5) is 5.69 Å². The summed E-state index contributed by atoms with van der Waals surface area (Å²) >= 11 is 0. The van der Waals surface area contributed by atoms with Gasteiger partial charge in [0.2, 0.25) is 0 Å². The standard InChI is InChI=1S/C27H29N5/c1-31-10-12-32(13-11-31)18-19-2-4-20(5-3-19)23-15-24-25(17-30-27(24)29-16-23)21-6-7-26-22(14-21)8-9-28-26/h2-7,14-17,28H,8-13,18H2,1H3,(H,29,30). The molecule has 0 radical (unpaired) electrons. The third-order valence-corrected chi connectivity index (χ3v) is 6.95. The molecule has 0 saturated carbocycles. The minimum absolute atomic E-state index is 0.939. The summed E-state index contributed by atoms with van der Waals surface area (Å²) in [5, 5.41) is 4.62. The molecule has 0 atom stereocenters. The van der Waals surface area contributed by atoms with Crippen molar-refractivity contribution in [2.75, 3.05) is 45.1 Å². The van der Waals surface area contributed by atoms with E-state index in [2.05, 4.69) is 81.9 Å². The van der Waals surface area contributed by atoms with Crippen molar-refractivity contribution in [2.24, 2.45) is 0 Å². The van der Waals surface area contributed by atoms with Crippen LogP contribution in [0.1, 0.15) is 11.1 Å². The maximum Gasteiger partial charge on any atom is 0.137 e. The highest BCUT2D eigenvalue weighted by Crippen LogP contribution is 2.34. The molecule has 0 aliphatic carbocycles. The number of aromatic amines is 1. The zero-order chi connectivity index (χ0) is 21.5. The molecule has 1 fully saturated rings. The van der Waals surface area contributed by atoms with Crippen LogP contribution in [-0.4, -0.2) is 59.5 Å². The number of piperazine rings is 1. The van der Waals surface area contributed by atoms with Crippen LogP contribution in [0.2, 0.25) is 0 Å². The van der Waals surface area contributed by atoms with Crippen molar-refractivity contribution in [3.8, 4) is 22.3 Å². The number of hydrogen-bond donors (Lipinski definition) is 2. The van der Waals surface area contributed by atoms with Crippen LogP contribution >= 0.6 is 0 Å². The second-order valence-electron chi connectivity index (χ2n) is 9.15. The summed E-state index contributed by atoms with van der Waals surface area (Å²) in [6, 6.07) is 18.0. The largest absolute Gasteiger partial charge is 0.384 e. The molecule has 0 unspecified atom stereocenters. The number of pyridine rings is 1. The Kier molecular flexibility index (Phi) is 4.93. The van der Waals surface area contributed by atoms with Gasteiger partial charge in [0.05, 0.1) is 0 Å². The average molecular weight is 424 g/mol. The fraction of sp³-hybridized carbons (Fsp3) is 0.296. The van der Waals surface area contributed by atoms with E-state index >= 15 is 0 Å². The monoisotopic (exact) mass is 423 g/mol. The summed E-state index contributed by atoms with van der Waals surface area (Å²) in [4.78, 5) is 13.0. The fourth-order valence-electron chi connectivity index (χ4n) is 4.94. The van der Waals surface area contributed by atoms with Crippen LogP contribution < -0.4 is 5.32 Å². The van der Waals surface area contributed by atoms with E-state index in [9.17, 15) is 0 Å². The van der Waals surface area contributed by atoms with Crippen molar-refractivity contribution in [1.82, 2.24) is 19.8 Å². The Bertz CT molecular complexity index is 1250. The molecule has 4 aromatic rings. The van der Waals surface area contributed by atoms with E-state index < -0.39 is 0 Å². The van der Waals surface area contributed by atoms with E-state index in [4.69, 9.17) is 4.98 Å². The number of nitrogens with one attached hydrogen (secondary N) is 2. The molecule has 6 rings (SSSR count). The molecule has 4 heterocycles. The van der Waals surface area contributed by atoms with Crippen LogP contribution in [0.5, 0.6) is 0 Å². The summed E-state index contributed by atoms with van der Waals surface area (Å²) in [5.74, 6) is 0. The molecule has 0 bridgehead atoms. The van der Waals surface area contributed by atoms with Gasteiger partial charge in [-0.2, -0.15) is 0 Å². The van der Waals surface area contributed by atoms with Crippen molar-refractivity contribution < 1.29 is 0 Å². The van der Waals surface area contributed by atoms with Gasteiger partial charge < -0.3 is 15.2 Å². The second kappa shape index (κ2) is 8.08. The molecule has 0 amide bonds. The highest BCUT2D eigenvalue weighted by molar-refractivity contribution is 5.96. The SMILES string of the molecule is CN1CCN(Cc2ccc(-c3cnc4[nH]cc(-c5ccc6c(c5)CCN6)c4c3)cc2)CC1. The molecule has 32 heavy (non-hydrogen) atoms. The molecular formula is C27H29N5. The Morgan fingerprint density at radius 3 is 2.56 bits per heavy atom. The highest BCUT2D eigenvalue weighted by atomic mass is 15.2. The second-order valence-corrected chi connectivity index (χ2v) is 9.15. The van der Waals surface area contributed by atoms with Gasteiger partial charge in [-0.25, -0.2) is 4.98 Å². The summed E-state index contributed by atoms with van der Waals surface area (Å²) in [7, 11) is 2.20. The number of benzene rings is 2. The predicted octanol–water partition coefficient (Wildman–Crippen LogP) is 4.61. The van der Waals surface area contributed by atoms with Gasteiger partial charge in [-0.05, 0) is 53.9 Å². The van der Waals surface area contributed by atoms with Crippen molar-refractivity contribution in [3.63, 3.8) is 0 Å². The van der Waals surface area contributed by atoms with Crippen molar-refractivity contribution in [3.05, 3.63) is 72.1 Å². The Hall–Kier alpha value is -3.15. The lowest BCUT2D eigenvalue weighted by molar-refractivity contribution is 0.148. The number of likely N-dealkylation sites (N-methyl/N-ethyl adjacent to an activating group) is 1. The Balaban J connectivity index is 1.26. The van der Waals surface area contributed by atoms with Crippen molar-refractivity contribution >= 4 is 16.7 Å². The van der Waals surface area contributed by atoms with Crippen LogP contribution in [0.3, 0.4) is 0 Å². The molecule has 0 spiro atoms. The summed E-state index contributed by atoms with van der Waals surface area (Å²) in [6.07, 6.45) is 5.16. The molecular weight excluding hydrogens is 394 g/mol. The van der Waals surface area contributed by atoms with E-state index in [0.29, 0.717) is 0 Å². The lowest BCUT2D eigenvalue weighted by Gasteiger charge is -2.32. The maximum atomic E-state index is 4.72. The number of aromatic nitrogens is 2. The first kappa shape index (κ1) is 19.5. The minimum atomic E-state index is 0.939. The van der Waals surface area contributed by atoms with E-state index in [0.717, 1.165) is 56.9 Å². The minimum Gasteiger partial charge on any atom is -0.384 e. The molecule has 5 nitrogen and oxygen atoms in total. The molecule has 1 saturated heterocycles. The molecule has 5 heteroatoms. The molecule has 162 valence electrons. The van der Waals surface area contributed by atoms with Crippen LogP contribution in [0.25, 0.3) is 33.3 Å². The number of anilines is 1. The van der Waals surface area contributed by atoms with E-state index in [1.165, 1.54) is 38.9 Å². The number of rotatable bonds is 4. The van der Waals surface area contributed by atoms with Crippen molar-refractivity contribution in [1.29, 1.82) is 0 Å². The van der Waals surface area contributed by atoms with Gasteiger partial charge in [-0.3, -0.25) is 4.90 Å². The van der Waals surface area contributed by atoms with Gasteiger partial charge in [0.25, 0.3) is 0 Å². The Morgan fingerprint density at radius 1 is 0.906 bits per heavy atom. The molecule has 2 aliphatic rings. The summed E-state index contributed by atoms with van der Waals surface area (Å²) in [5.41, 5.74) is 9.83. The molecule has 2 aromatic heterocycles. The van der Waals surface area contributed by atoms with Crippen LogP contribution in [0, 0.1) is 0 Å². The average Bonchev–Trinajstić information content (AvgIpc) is 3.47. The smallest absolute Gasteiger partial charge is 0.137 e. The van der Waals surface area contributed by atoms with Crippen LogP contribution in [-0.2, 0) is 13.0 Å². The third-order valence-electron chi connectivity index (χ3n) is 6.95. The topological polar surface area (TPSA) is 47.2 Å². The van der Waals surface area contributed by atoms with Gasteiger partial charge in [0, 0.05) is 73.9 Å². The normalized spacial score (nSPS) is 16.9. The fourth-order valence-corrected chi connectivity index (χ4v) is 4.94. The zero-order valence-electron chi connectivity index (χ0n) is 18.6. The molecule has 2 aliphatic heterocycles. The zero-order valence-corrected chi connectivity index (χ0v) is 18.6. The Labute approximate surface area is 189 Å². The first-order chi connectivity index (χ1) is 15.7. The van der Waals surface area contributed by atoms with Crippen molar-refractivity contribution in [2.45, 2.75) is 13.0 Å². The third kappa shape index (κ3) is 3.68. The number of fused-ring (bicyclic) bond motifs is 2. The lowest BCUT2D eigenvalue weighted by Crippen LogP contribution is -2.43. The lowest BCUT2D eigenvalue weighted by atomic mass is 9.99. The van der Waals surface area contributed by atoms with Gasteiger partial charge in [0.1, 0.15) is 5.65 Å². The van der Waals surface area contributed by atoms with E-state index in [1.54, 1.807) is 0 Å². The summed E-state index contributed by atoms with van der Waals surface area (Å²) < 4.78 is 0.